The number of urea groups is 1. The Labute approximate surface area is 191 Å². The molecule has 0 radical (unpaired) electrons. The molecule has 32 heavy (non-hydrogen) atoms. The first-order valence-electron chi connectivity index (χ1n) is 11.7. The number of hydrogen-bond donors (Lipinski definition) is 2. The van der Waals surface area contributed by atoms with Crippen LogP contribution in [0.2, 0.25) is 0 Å². The van der Waals surface area contributed by atoms with E-state index >= 15 is 0 Å². The van der Waals surface area contributed by atoms with Gasteiger partial charge in [-0.15, -0.1) is 0 Å². The number of allylic oxidation sites excluding steroid dienone is 1. The van der Waals surface area contributed by atoms with Gasteiger partial charge in [0.05, 0.1) is 18.7 Å². The van der Waals surface area contributed by atoms with Crippen molar-refractivity contribution >= 4 is 23.6 Å². The van der Waals surface area contributed by atoms with Gasteiger partial charge in [-0.2, -0.15) is 0 Å². The molecule has 1 aliphatic heterocycles. The highest BCUT2D eigenvalue weighted by Gasteiger charge is 2.35. The van der Waals surface area contributed by atoms with Crippen molar-refractivity contribution in [2.75, 3.05) is 19.0 Å². The molecule has 0 saturated heterocycles. The van der Waals surface area contributed by atoms with Crippen LogP contribution in [-0.4, -0.2) is 36.5 Å². The predicted octanol–water partition coefficient (Wildman–Crippen LogP) is 5.30. The molecule has 2 rings (SSSR count). The second kappa shape index (κ2) is 12.9. The molecule has 1 aromatic carbocycles. The van der Waals surface area contributed by atoms with Gasteiger partial charge in [0.15, 0.2) is 0 Å². The summed E-state index contributed by atoms with van der Waals surface area (Å²) in [6, 6.07) is 6.36. The smallest absolute Gasteiger partial charge is 0.337 e. The van der Waals surface area contributed by atoms with Crippen molar-refractivity contribution in [3.63, 3.8) is 0 Å². The summed E-state index contributed by atoms with van der Waals surface area (Å²) in [5, 5.41) is 5.86. The number of methoxy groups -OCH3 is 1. The zero-order valence-electron chi connectivity index (χ0n) is 19.8. The van der Waals surface area contributed by atoms with E-state index in [2.05, 4.69) is 17.6 Å². The standard InChI is InChI=1S/C25H37N3O4/c1-5-7-8-9-10-11-15-21(29)26-20-14-12-13-19(17-20)23-22(24(30)32-4)18(3)28(16-6-2)25(31)27-23/h12-14,17,23H,5-11,15-16H2,1-4H3,(H,26,29)(H,27,31). The van der Waals surface area contributed by atoms with E-state index < -0.39 is 12.0 Å². The van der Waals surface area contributed by atoms with E-state index in [4.69, 9.17) is 4.74 Å². The highest BCUT2D eigenvalue weighted by Crippen LogP contribution is 2.32. The van der Waals surface area contributed by atoms with Gasteiger partial charge in [-0.25, -0.2) is 9.59 Å². The first-order chi connectivity index (χ1) is 15.4. The van der Waals surface area contributed by atoms with Gasteiger partial charge in [0.2, 0.25) is 5.91 Å². The normalized spacial score (nSPS) is 16.1. The quantitative estimate of drug-likeness (QED) is 0.339. The summed E-state index contributed by atoms with van der Waals surface area (Å²) >= 11 is 0. The number of rotatable bonds is 12. The number of amides is 3. The summed E-state index contributed by atoms with van der Waals surface area (Å²) in [6.07, 6.45) is 8.01. The van der Waals surface area contributed by atoms with E-state index in [0.29, 0.717) is 35.5 Å². The van der Waals surface area contributed by atoms with Gasteiger partial charge in [-0.1, -0.05) is 58.1 Å². The zero-order valence-corrected chi connectivity index (χ0v) is 19.8. The summed E-state index contributed by atoms with van der Waals surface area (Å²) in [5.74, 6) is -0.509. The lowest BCUT2D eigenvalue weighted by molar-refractivity contribution is -0.136. The van der Waals surface area contributed by atoms with Crippen molar-refractivity contribution in [2.24, 2.45) is 0 Å². The Bertz CT molecular complexity index is 834. The Hall–Kier alpha value is -2.83. The number of ether oxygens (including phenoxy) is 1. The van der Waals surface area contributed by atoms with E-state index in [0.717, 1.165) is 25.7 Å². The van der Waals surface area contributed by atoms with Crippen LogP contribution in [0.25, 0.3) is 0 Å². The molecule has 7 nitrogen and oxygen atoms in total. The van der Waals surface area contributed by atoms with Crippen LogP contribution in [0.4, 0.5) is 10.5 Å². The molecule has 0 aliphatic carbocycles. The number of carbonyl (C=O) groups is 3. The third kappa shape index (κ3) is 6.84. The van der Waals surface area contributed by atoms with Crippen molar-refractivity contribution in [3.8, 4) is 0 Å². The fourth-order valence-corrected chi connectivity index (χ4v) is 3.98. The van der Waals surface area contributed by atoms with Crippen LogP contribution < -0.4 is 10.6 Å². The minimum absolute atomic E-state index is 0.0284. The maximum atomic E-state index is 12.7. The van der Waals surface area contributed by atoms with Crippen molar-refractivity contribution in [1.82, 2.24) is 10.2 Å². The number of carbonyl (C=O) groups excluding carboxylic acids is 3. The minimum atomic E-state index is -0.640. The topological polar surface area (TPSA) is 87.7 Å². The second-order valence-corrected chi connectivity index (χ2v) is 8.22. The van der Waals surface area contributed by atoms with Crippen LogP contribution in [0, 0.1) is 0 Å². The van der Waals surface area contributed by atoms with Gasteiger partial charge in [0, 0.05) is 24.4 Å². The molecule has 0 fully saturated rings. The third-order valence-electron chi connectivity index (χ3n) is 5.71. The maximum absolute atomic E-state index is 12.7. The summed E-state index contributed by atoms with van der Waals surface area (Å²) in [4.78, 5) is 39.2. The summed E-state index contributed by atoms with van der Waals surface area (Å²) in [7, 11) is 1.33. The molecule has 1 aliphatic rings. The lowest BCUT2D eigenvalue weighted by atomic mass is 9.94. The predicted molar refractivity (Wildman–Crippen MR) is 126 cm³/mol. The number of esters is 1. The van der Waals surface area contributed by atoms with E-state index in [1.165, 1.54) is 26.4 Å². The van der Waals surface area contributed by atoms with Crippen LogP contribution in [-0.2, 0) is 14.3 Å². The molecular weight excluding hydrogens is 406 g/mol. The Morgan fingerprint density at radius 2 is 1.81 bits per heavy atom. The van der Waals surface area contributed by atoms with E-state index in [1.807, 2.05) is 25.1 Å². The van der Waals surface area contributed by atoms with Gasteiger partial charge in [0.25, 0.3) is 0 Å². The molecule has 0 aromatic heterocycles. The van der Waals surface area contributed by atoms with Gasteiger partial charge >= 0.3 is 12.0 Å². The van der Waals surface area contributed by atoms with Crippen molar-refractivity contribution in [3.05, 3.63) is 41.1 Å². The van der Waals surface area contributed by atoms with Crippen molar-refractivity contribution < 1.29 is 19.1 Å². The third-order valence-corrected chi connectivity index (χ3v) is 5.71. The van der Waals surface area contributed by atoms with Crippen LogP contribution in [0.3, 0.4) is 0 Å². The number of hydrogen-bond acceptors (Lipinski definition) is 4. The molecule has 1 heterocycles. The molecule has 7 heteroatoms. The summed E-state index contributed by atoms with van der Waals surface area (Å²) < 4.78 is 5.00. The van der Waals surface area contributed by atoms with Gasteiger partial charge in [0.1, 0.15) is 0 Å². The van der Waals surface area contributed by atoms with Crippen molar-refractivity contribution in [2.45, 2.75) is 78.2 Å². The molecule has 176 valence electrons. The number of nitrogens with one attached hydrogen (secondary N) is 2. The largest absolute Gasteiger partial charge is 0.466 e. The first kappa shape index (κ1) is 25.4. The Kier molecular flexibility index (Phi) is 10.2. The van der Waals surface area contributed by atoms with Crippen LogP contribution >= 0.6 is 0 Å². The average Bonchev–Trinajstić information content (AvgIpc) is 2.78. The number of benzene rings is 1. The molecule has 1 aromatic rings. The zero-order chi connectivity index (χ0) is 23.5. The molecule has 1 atom stereocenters. The fourth-order valence-electron chi connectivity index (χ4n) is 3.98. The molecular formula is C25H37N3O4. The monoisotopic (exact) mass is 443 g/mol. The molecule has 0 bridgehead atoms. The summed E-state index contributed by atoms with van der Waals surface area (Å²) in [6.45, 7) is 6.44. The summed E-state index contributed by atoms with van der Waals surface area (Å²) in [5.41, 5.74) is 2.35. The average molecular weight is 444 g/mol. The molecule has 2 N–H and O–H groups in total. The van der Waals surface area contributed by atoms with Gasteiger partial charge < -0.3 is 15.4 Å². The van der Waals surface area contributed by atoms with E-state index in [-0.39, 0.29) is 11.9 Å². The highest BCUT2D eigenvalue weighted by molar-refractivity contribution is 5.95. The molecule has 1 unspecified atom stereocenters. The number of nitrogens with zero attached hydrogens (tertiary/aromatic N) is 1. The Balaban J connectivity index is 2.12. The lowest BCUT2D eigenvalue weighted by Gasteiger charge is -2.35. The van der Waals surface area contributed by atoms with Crippen molar-refractivity contribution in [1.29, 1.82) is 0 Å². The van der Waals surface area contributed by atoms with Gasteiger partial charge in [-0.3, -0.25) is 9.69 Å². The number of unbranched alkanes of at least 4 members (excludes halogenated alkanes) is 5. The van der Waals surface area contributed by atoms with E-state index in [9.17, 15) is 14.4 Å². The van der Waals surface area contributed by atoms with E-state index in [1.54, 1.807) is 17.9 Å². The van der Waals surface area contributed by atoms with Crippen LogP contribution in [0.1, 0.15) is 83.7 Å². The lowest BCUT2D eigenvalue weighted by Crippen LogP contribution is -2.48. The van der Waals surface area contributed by atoms with Gasteiger partial charge in [-0.05, 0) is 37.5 Å². The first-order valence-corrected chi connectivity index (χ1v) is 11.7. The second-order valence-electron chi connectivity index (χ2n) is 8.22. The number of anilines is 1. The minimum Gasteiger partial charge on any atom is -0.466 e. The SMILES string of the molecule is CCCCCCCCC(=O)Nc1cccc(C2NC(=O)N(CCC)C(C)=C2C(=O)OC)c1. The highest BCUT2D eigenvalue weighted by atomic mass is 16.5. The molecule has 3 amide bonds. The fraction of sp³-hybridized carbons (Fsp3) is 0.560. The Morgan fingerprint density at radius 1 is 1.09 bits per heavy atom. The van der Waals surface area contributed by atoms with Crippen LogP contribution in [0.15, 0.2) is 35.5 Å². The Morgan fingerprint density at radius 3 is 2.50 bits per heavy atom. The molecule has 0 spiro atoms. The van der Waals surface area contributed by atoms with Crippen LogP contribution in [0.5, 0.6) is 0 Å². The maximum Gasteiger partial charge on any atom is 0.337 e. The molecule has 0 saturated carbocycles.